The Morgan fingerprint density at radius 2 is 2.05 bits per heavy atom. The molecule has 20 heavy (non-hydrogen) atoms. The third-order valence-electron chi connectivity index (χ3n) is 3.08. The van der Waals surface area contributed by atoms with Crippen molar-refractivity contribution in [2.75, 3.05) is 7.11 Å². The van der Waals surface area contributed by atoms with E-state index in [0.29, 0.717) is 5.76 Å². The smallest absolute Gasteiger partial charge is 0.269 e. The van der Waals surface area contributed by atoms with Gasteiger partial charge in [0.1, 0.15) is 5.76 Å². The second-order valence-corrected chi connectivity index (χ2v) is 5.26. The first-order chi connectivity index (χ1) is 9.21. The van der Waals surface area contributed by atoms with Crippen molar-refractivity contribution in [1.29, 1.82) is 0 Å². The summed E-state index contributed by atoms with van der Waals surface area (Å²) in [5, 5.41) is 9.93. The lowest BCUT2D eigenvalue weighted by atomic mass is 10.0. The van der Waals surface area contributed by atoms with Crippen LogP contribution in [0.3, 0.4) is 0 Å². The quantitative estimate of drug-likeness (QED) is 0.616. The van der Waals surface area contributed by atoms with Gasteiger partial charge in [-0.15, -0.1) is 6.42 Å². The Balaban J connectivity index is 3.08. The fraction of sp³-hybridized carbons (Fsp3) is 0.733. The van der Waals surface area contributed by atoms with Crippen molar-refractivity contribution in [1.82, 2.24) is 0 Å². The zero-order chi connectivity index (χ0) is 15.5. The Bertz CT molecular complexity index is 405. The van der Waals surface area contributed by atoms with Crippen LogP contribution in [0, 0.1) is 12.3 Å². The van der Waals surface area contributed by atoms with E-state index in [1.165, 1.54) is 14.0 Å². The van der Waals surface area contributed by atoms with Crippen LogP contribution < -0.4 is 0 Å². The van der Waals surface area contributed by atoms with Crippen molar-refractivity contribution in [3.8, 4) is 12.3 Å². The van der Waals surface area contributed by atoms with E-state index < -0.39 is 18.2 Å². The van der Waals surface area contributed by atoms with E-state index in [1.54, 1.807) is 0 Å². The summed E-state index contributed by atoms with van der Waals surface area (Å²) in [6, 6.07) is 0. The van der Waals surface area contributed by atoms with Crippen LogP contribution in [0.1, 0.15) is 34.6 Å². The molecule has 1 rings (SSSR count). The molecule has 1 N–H and O–H groups in total. The molecule has 0 aromatic carbocycles. The molecule has 0 aliphatic carbocycles. The fourth-order valence-electron chi connectivity index (χ4n) is 1.89. The number of hydrogen-bond acceptors (Lipinski definition) is 5. The number of terminal acetylenes is 1. The maximum Gasteiger partial charge on any atom is 0.269 e. The lowest BCUT2D eigenvalue weighted by Gasteiger charge is -2.38. The molecule has 4 atom stereocenters. The summed E-state index contributed by atoms with van der Waals surface area (Å²) in [4.78, 5) is 0. The molecular formula is C15H24O5. The molecule has 4 unspecified atom stereocenters. The van der Waals surface area contributed by atoms with E-state index in [-0.39, 0.29) is 12.2 Å². The molecule has 0 saturated carbocycles. The number of rotatable bonds is 5. The first-order valence-electron chi connectivity index (χ1n) is 6.65. The zero-order valence-corrected chi connectivity index (χ0v) is 13.0. The van der Waals surface area contributed by atoms with Crippen molar-refractivity contribution in [2.45, 2.75) is 65.0 Å². The van der Waals surface area contributed by atoms with Gasteiger partial charge in [-0.3, -0.25) is 0 Å². The Kier molecular flexibility index (Phi) is 5.60. The second-order valence-electron chi connectivity index (χ2n) is 5.26. The van der Waals surface area contributed by atoms with Crippen molar-refractivity contribution in [2.24, 2.45) is 0 Å². The van der Waals surface area contributed by atoms with Gasteiger partial charge in [0, 0.05) is 14.0 Å². The molecule has 1 heterocycles. The van der Waals surface area contributed by atoms with Gasteiger partial charge in [0.25, 0.3) is 5.79 Å². The van der Waals surface area contributed by atoms with Crippen LogP contribution in [0.15, 0.2) is 11.3 Å². The van der Waals surface area contributed by atoms with Crippen molar-refractivity contribution < 1.29 is 24.1 Å². The van der Waals surface area contributed by atoms with Crippen LogP contribution >= 0.6 is 0 Å². The molecule has 1 aliphatic heterocycles. The van der Waals surface area contributed by atoms with Gasteiger partial charge in [-0.1, -0.05) is 0 Å². The third-order valence-corrected chi connectivity index (χ3v) is 3.08. The number of hydrogen-bond donors (Lipinski definition) is 1. The summed E-state index contributed by atoms with van der Waals surface area (Å²) in [7, 11) is 1.53. The molecule has 0 radical (unpaired) electrons. The fourth-order valence-corrected chi connectivity index (χ4v) is 1.89. The molecule has 0 saturated heterocycles. The van der Waals surface area contributed by atoms with Gasteiger partial charge in [-0.2, -0.15) is 0 Å². The molecule has 0 spiro atoms. The van der Waals surface area contributed by atoms with Crippen molar-refractivity contribution >= 4 is 0 Å². The highest BCUT2D eigenvalue weighted by Gasteiger charge is 2.40. The van der Waals surface area contributed by atoms with Gasteiger partial charge < -0.3 is 24.1 Å². The van der Waals surface area contributed by atoms with Crippen LogP contribution in [0.2, 0.25) is 0 Å². The predicted molar refractivity (Wildman–Crippen MR) is 74.6 cm³/mol. The maximum atomic E-state index is 9.93. The van der Waals surface area contributed by atoms with Gasteiger partial charge >= 0.3 is 0 Å². The molecule has 0 bridgehead atoms. The average molecular weight is 284 g/mol. The number of methoxy groups -OCH3 is 1. The van der Waals surface area contributed by atoms with E-state index in [4.69, 9.17) is 25.4 Å². The van der Waals surface area contributed by atoms with E-state index in [9.17, 15) is 5.11 Å². The summed E-state index contributed by atoms with van der Waals surface area (Å²) in [5.41, 5.74) is 0.816. The van der Waals surface area contributed by atoms with E-state index in [1.807, 2.05) is 27.7 Å². The van der Waals surface area contributed by atoms with Gasteiger partial charge in [-0.25, -0.2) is 0 Å². The molecule has 0 fully saturated rings. The summed E-state index contributed by atoms with van der Waals surface area (Å²) in [6.07, 6.45) is 3.83. The maximum absolute atomic E-state index is 9.93. The molecular weight excluding hydrogens is 260 g/mol. The second kappa shape index (κ2) is 6.59. The average Bonchev–Trinajstić information content (AvgIpc) is 2.35. The molecule has 5 heteroatoms. The van der Waals surface area contributed by atoms with Crippen LogP contribution in [0.25, 0.3) is 0 Å². The lowest BCUT2D eigenvalue weighted by Crippen LogP contribution is -2.46. The minimum Gasteiger partial charge on any atom is -0.453 e. The lowest BCUT2D eigenvalue weighted by molar-refractivity contribution is -0.247. The minimum absolute atomic E-state index is 0.0300. The van der Waals surface area contributed by atoms with Crippen LogP contribution in [-0.2, 0) is 18.9 Å². The van der Waals surface area contributed by atoms with Crippen LogP contribution in [0.5, 0.6) is 0 Å². The Hall–Kier alpha value is -1.06. The van der Waals surface area contributed by atoms with E-state index in [2.05, 4.69) is 5.92 Å². The van der Waals surface area contributed by atoms with Crippen LogP contribution in [-0.4, -0.2) is 42.6 Å². The Labute approximate surface area is 120 Å². The predicted octanol–water partition coefficient (Wildman–Crippen LogP) is 1.80. The van der Waals surface area contributed by atoms with Crippen molar-refractivity contribution in [3.63, 3.8) is 0 Å². The van der Waals surface area contributed by atoms with E-state index >= 15 is 0 Å². The zero-order valence-electron chi connectivity index (χ0n) is 13.0. The molecule has 0 aromatic heterocycles. The molecule has 5 nitrogen and oxygen atoms in total. The highest BCUT2D eigenvalue weighted by Crippen LogP contribution is 2.32. The van der Waals surface area contributed by atoms with Crippen molar-refractivity contribution in [3.05, 3.63) is 11.3 Å². The van der Waals surface area contributed by atoms with E-state index in [0.717, 1.165) is 5.57 Å². The van der Waals surface area contributed by atoms with Gasteiger partial charge in [0.05, 0.1) is 12.2 Å². The molecule has 0 amide bonds. The minimum atomic E-state index is -1.70. The largest absolute Gasteiger partial charge is 0.453 e. The van der Waals surface area contributed by atoms with Gasteiger partial charge in [0.15, 0.2) is 12.4 Å². The summed E-state index contributed by atoms with van der Waals surface area (Å²) in [6.45, 7) is 8.95. The Morgan fingerprint density at radius 1 is 1.45 bits per heavy atom. The molecule has 0 aromatic rings. The van der Waals surface area contributed by atoms with Gasteiger partial charge in [0.2, 0.25) is 0 Å². The topological polar surface area (TPSA) is 57.2 Å². The monoisotopic (exact) mass is 284 g/mol. The molecule has 1 aliphatic rings. The SMILES string of the molecule is C#CC(C)(O)OC1=C(C)C(C)OC(OC(C)C)C1OC. The highest BCUT2D eigenvalue weighted by molar-refractivity contribution is 5.20. The van der Waals surface area contributed by atoms with Crippen LogP contribution in [0.4, 0.5) is 0 Å². The number of aliphatic hydroxyl groups is 1. The molecule has 114 valence electrons. The first-order valence-corrected chi connectivity index (χ1v) is 6.65. The third kappa shape index (κ3) is 3.97. The Morgan fingerprint density at radius 3 is 2.50 bits per heavy atom. The first kappa shape index (κ1) is 17.0. The standard InChI is InChI=1S/C15H24O5/c1-8-15(6,16)20-12-10(4)11(5)19-14(13(12)17-7)18-9(2)3/h1,9,11,13-14,16H,2-7H3. The highest BCUT2D eigenvalue weighted by atomic mass is 16.7. The summed E-state index contributed by atoms with van der Waals surface area (Å²) < 4.78 is 22.4. The summed E-state index contributed by atoms with van der Waals surface area (Å²) in [5.74, 6) is 0.943. The number of ether oxygens (including phenoxy) is 4. The normalized spacial score (nSPS) is 30.1. The summed E-state index contributed by atoms with van der Waals surface area (Å²) >= 11 is 0. The van der Waals surface area contributed by atoms with Gasteiger partial charge in [-0.05, 0) is 39.2 Å².